The number of hydrogen-bond acceptors (Lipinski definition) is 2. The normalized spacial score (nSPS) is 23.2. The number of ether oxygens (including phenoxy) is 2. The van der Waals surface area contributed by atoms with Crippen molar-refractivity contribution in [2.45, 2.75) is 31.8 Å². The second kappa shape index (κ2) is 6.00. The molecule has 2 atom stereocenters. The van der Waals surface area contributed by atoms with Crippen molar-refractivity contribution in [3.63, 3.8) is 0 Å². The van der Waals surface area contributed by atoms with Gasteiger partial charge in [-0.05, 0) is 30.9 Å². The molecule has 0 amide bonds. The average molecular weight is 320 g/mol. The minimum Gasteiger partial charge on any atom is -0.343 e. The van der Waals surface area contributed by atoms with Crippen molar-refractivity contribution in [1.29, 1.82) is 0 Å². The minimum atomic E-state index is -0.575. The molecule has 0 aliphatic carbocycles. The topological polar surface area (TPSA) is 22.3 Å². The molecule has 3 aromatic rings. The molecule has 24 heavy (non-hydrogen) atoms. The Morgan fingerprint density at radius 2 is 1.62 bits per heavy atom. The van der Waals surface area contributed by atoms with Crippen LogP contribution in [0.1, 0.15) is 31.6 Å². The number of rotatable bonds is 2. The monoisotopic (exact) mass is 320 g/mol. The molecule has 1 aliphatic rings. The molecular formula is C21H22NO2+. The van der Waals surface area contributed by atoms with Crippen LogP contribution in [0.5, 0.6) is 0 Å². The third kappa shape index (κ3) is 2.93. The number of aromatic nitrogens is 1. The van der Waals surface area contributed by atoms with Gasteiger partial charge in [-0.3, -0.25) is 0 Å². The maximum atomic E-state index is 6.30. The number of nitrogens with zero attached hydrogens (tertiary/aromatic N) is 1. The van der Waals surface area contributed by atoms with Gasteiger partial charge in [-0.15, -0.1) is 0 Å². The summed E-state index contributed by atoms with van der Waals surface area (Å²) in [6, 6.07) is 21.1. The van der Waals surface area contributed by atoms with Crippen molar-refractivity contribution < 1.29 is 14.0 Å². The van der Waals surface area contributed by atoms with E-state index >= 15 is 0 Å². The van der Waals surface area contributed by atoms with E-state index in [0.29, 0.717) is 6.61 Å². The van der Waals surface area contributed by atoms with Gasteiger partial charge in [0, 0.05) is 11.5 Å². The van der Waals surface area contributed by atoms with Gasteiger partial charge in [-0.25, -0.2) is 0 Å². The molecule has 2 aromatic carbocycles. The molecule has 0 unspecified atom stereocenters. The predicted octanol–water partition coefficient (Wildman–Crippen LogP) is 4.19. The first-order valence-corrected chi connectivity index (χ1v) is 8.39. The van der Waals surface area contributed by atoms with Crippen LogP contribution in [0.25, 0.3) is 10.8 Å². The van der Waals surface area contributed by atoms with E-state index in [1.165, 1.54) is 16.3 Å². The lowest BCUT2D eigenvalue weighted by Crippen LogP contribution is -2.52. The highest BCUT2D eigenvalue weighted by Gasteiger charge is 2.42. The van der Waals surface area contributed by atoms with Gasteiger partial charge in [0.15, 0.2) is 18.2 Å². The zero-order valence-electron chi connectivity index (χ0n) is 14.1. The molecular weight excluding hydrogens is 298 g/mol. The molecule has 3 heteroatoms. The molecule has 0 bridgehead atoms. The van der Waals surface area contributed by atoms with Crippen molar-refractivity contribution in [2.75, 3.05) is 6.61 Å². The fraction of sp³-hybridized carbons (Fsp3) is 0.286. The van der Waals surface area contributed by atoms with Crippen molar-refractivity contribution in [3.05, 3.63) is 78.6 Å². The minimum absolute atomic E-state index is 0.0406. The highest BCUT2D eigenvalue weighted by Crippen LogP contribution is 2.37. The first-order chi connectivity index (χ1) is 11.6. The molecule has 3 nitrogen and oxygen atoms in total. The molecule has 0 radical (unpaired) electrons. The molecule has 4 rings (SSSR count). The highest BCUT2D eigenvalue weighted by molar-refractivity contribution is 5.80. The van der Waals surface area contributed by atoms with E-state index in [1.54, 1.807) is 0 Å². The zero-order chi connectivity index (χ0) is 16.6. The van der Waals surface area contributed by atoms with E-state index in [4.69, 9.17) is 9.47 Å². The molecule has 122 valence electrons. The van der Waals surface area contributed by atoms with Crippen molar-refractivity contribution in [2.24, 2.45) is 0 Å². The molecule has 2 heterocycles. The highest BCUT2D eigenvalue weighted by atomic mass is 16.7. The van der Waals surface area contributed by atoms with E-state index in [-0.39, 0.29) is 12.1 Å². The fourth-order valence-electron chi connectivity index (χ4n) is 3.32. The summed E-state index contributed by atoms with van der Waals surface area (Å²) in [7, 11) is 0. The average Bonchev–Trinajstić information content (AvgIpc) is 2.61. The lowest BCUT2D eigenvalue weighted by Gasteiger charge is -2.38. The SMILES string of the molecule is CC1(C)OC[C@H]([n+]2ccc3ccccc3c2)[C@H](c2ccccc2)O1. The number of pyridine rings is 1. The maximum Gasteiger partial charge on any atom is 0.211 e. The first kappa shape index (κ1) is 15.3. The van der Waals surface area contributed by atoms with Gasteiger partial charge in [0.1, 0.15) is 12.7 Å². The molecule has 1 aliphatic heterocycles. The van der Waals surface area contributed by atoms with Gasteiger partial charge in [0.25, 0.3) is 0 Å². The second-order valence-corrected chi connectivity index (χ2v) is 6.75. The third-order valence-corrected chi connectivity index (χ3v) is 4.58. The molecule has 1 aromatic heterocycles. The Morgan fingerprint density at radius 3 is 2.42 bits per heavy atom. The zero-order valence-corrected chi connectivity index (χ0v) is 14.1. The standard InChI is InChI=1S/C21H22NO2/c1-21(2)23-15-19(20(24-21)17-9-4-3-5-10-17)22-13-12-16-8-6-7-11-18(16)14-22/h3-14,19-20H,15H2,1-2H3/q+1/t19-,20-/m0/s1. The van der Waals surface area contributed by atoms with Gasteiger partial charge in [0.05, 0.1) is 0 Å². The van der Waals surface area contributed by atoms with Crippen LogP contribution < -0.4 is 4.57 Å². The first-order valence-electron chi connectivity index (χ1n) is 8.39. The van der Waals surface area contributed by atoms with Crippen molar-refractivity contribution in [3.8, 4) is 0 Å². The molecule has 0 N–H and O–H groups in total. The Balaban J connectivity index is 1.75. The Hall–Kier alpha value is -2.23. The van der Waals surface area contributed by atoms with E-state index in [9.17, 15) is 0 Å². The summed E-state index contributed by atoms with van der Waals surface area (Å²) in [6.45, 7) is 4.57. The van der Waals surface area contributed by atoms with Crippen LogP contribution in [-0.4, -0.2) is 12.4 Å². The summed E-state index contributed by atoms with van der Waals surface area (Å²) in [4.78, 5) is 0. The van der Waals surface area contributed by atoms with Crippen LogP contribution in [0.2, 0.25) is 0 Å². The van der Waals surface area contributed by atoms with Gasteiger partial charge >= 0.3 is 0 Å². The lowest BCUT2D eigenvalue weighted by atomic mass is 10.00. The molecule has 0 spiro atoms. The van der Waals surface area contributed by atoms with Crippen LogP contribution in [0, 0.1) is 0 Å². The van der Waals surface area contributed by atoms with Crippen LogP contribution >= 0.6 is 0 Å². The van der Waals surface area contributed by atoms with Crippen molar-refractivity contribution >= 4 is 10.8 Å². The summed E-state index contributed by atoms with van der Waals surface area (Å²) >= 11 is 0. The van der Waals surface area contributed by atoms with Crippen molar-refractivity contribution in [1.82, 2.24) is 0 Å². The molecule has 1 saturated heterocycles. The summed E-state index contributed by atoms with van der Waals surface area (Å²) in [5.41, 5.74) is 1.18. The van der Waals surface area contributed by atoms with Crippen LogP contribution in [-0.2, 0) is 9.47 Å². The van der Waals surface area contributed by atoms with E-state index in [2.05, 4.69) is 71.6 Å². The smallest absolute Gasteiger partial charge is 0.211 e. The summed E-state index contributed by atoms with van der Waals surface area (Å²) < 4.78 is 14.5. The number of hydrogen-bond donors (Lipinski definition) is 0. The second-order valence-electron chi connectivity index (χ2n) is 6.75. The van der Waals surface area contributed by atoms with Crippen LogP contribution in [0.4, 0.5) is 0 Å². The maximum absolute atomic E-state index is 6.30. The van der Waals surface area contributed by atoms with Gasteiger partial charge in [0.2, 0.25) is 6.04 Å². The van der Waals surface area contributed by atoms with Crippen LogP contribution in [0.15, 0.2) is 73.1 Å². The van der Waals surface area contributed by atoms with Crippen LogP contribution in [0.3, 0.4) is 0 Å². The third-order valence-electron chi connectivity index (χ3n) is 4.58. The summed E-state index contributed by atoms with van der Waals surface area (Å²) in [5, 5.41) is 2.46. The summed E-state index contributed by atoms with van der Waals surface area (Å²) in [6.07, 6.45) is 4.26. The van der Waals surface area contributed by atoms with Gasteiger partial charge < -0.3 is 9.47 Å². The Bertz CT molecular complexity index is 845. The quantitative estimate of drug-likeness (QED) is 0.661. The van der Waals surface area contributed by atoms with E-state index in [0.717, 1.165) is 0 Å². The molecule has 1 fully saturated rings. The predicted molar refractivity (Wildman–Crippen MR) is 93.5 cm³/mol. The van der Waals surface area contributed by atoms with E-state index < -0.39 is 5.79 Å². The number of benzene rings is 2. The van der Waals surface area contributed by atoms with Gasteiger partial charge in [-0.2, -0.15) is 4.57 Å². The largest absolute Gasteiger partial charge is 0.343 e. The Labute approximate surface area is 142 Å². The fourth-order valence-corrected chi connectivity index (χ4v) is 3.32. The Morgan fingerprint density at radius 1 is 0.917 bits per heavy atom. The Kier molecular flexibility index (Phi) is 3.83. The van der Waals surface area contributed by atoms with E-state index in [1.807, 2.05) is 19.9 Å². The molecule has 0 saturated carbocycles. The lowest BCUT2D eigenvalue weighted by molar-refractivity contribution is -0.741. The summed E-state index contributed by atoms with van der Waals surface area (Å²) in [5.74, 6) is -0.575. The van der Waals surface area contributed by atoms with Gasteiger partial charge in [-0.1, -0.05) is 48.5 Å². The number of fused-ring (bicyclic) bond motifs is 1.